The number of hydrogen-bond donors (Lipinski definition) is 2. The third kappa shape index (κ3) is 2.35. The standard InChI is InChI=1S/C10H10N4O2/c11-10(15)7-1-2-9(12-5-7)13-6-8-3-4-14-16-8/h1-5H,6H2,(H2,11,15)(H,12,13). The lowest BCUT2D eigenvalue weighted by molar-refractivity contribution is 0.1000. The van der Waals surface area contributed by atoms with Crippen molar-refractivity contribution in [2.45, 2.75) is 6.54 Å². The van der Waals surface area contributed by atoms with Gasteiger partial charge >= 0.3 is 0 Å². The zero-order chi connectivity index (χ0) is 11.4. The van der Waals surface area contributed by atoms with Gasteiger partial charge in [0.25, 0.3) is 0 Å². The van der Waals surface area contributed by atoms with E-state index < -0.39 is 5.91 Å². The van der Waals surface area contributed by atoms with E-state index >= 15 is 0 Å². The fourth-order valence-electron chi connectivity index (χ4n) is 1.16. The van der Waals surface area contributed by atoms with Gasteiger partial charge in [-0.2, -0.15) is 0 Å². The first-order chi connectivity index (χ1) is 7.75. The highest BCUT2D eigenvalue weighted by Gasteiger charge is 2.01. The van der Waals surface area contributed by atoms with E-state index in [1.54, 1.807) is 24.4 Å². The first kappa shape index (κ1) is 10.2. The highest BCUT2D eigenvalue weighted by molar-refractivity contribution is 5.92. The van der Waals surface area contributed by atoms with Crippen LogP contribution in [0, 0.1) is 0 Å². The Labute approximate surface area is 91.5 Å². The minimum atomic E-state index is -0.491. The smallest absolute Gasteiger partial charge is 0.250 e. The van der Waals surface area contributed by atoms with Crippen molar-refractivity contribution in [1.29, 1.82) is 0 Å². The Kier molecular flexibility index (Phi) is 2.81. The highest BCUT2D eigenvalue weighted by Crippen LogP contribution is 2.06. The molecule has 0 atom stereocenters. The molecule has 0 saturated heterocycles. The van der Waals surface area contributed by atoms with Crippen LogP contribution in [0.5, 0.6) is 0 Å². The van der Waals surface area contributed by atoms with Gasteiger partial charge < -0.3 is 15.6 Å². The zero-order valence-electron chi connectivity index (χ0n) is 8.38. The van der Waals surface area contributed by atoms with Crippen molar-refractivity contribution in [2.75, 3.05) is 5.32 Å². The number of primary amides is 1. The molecule has 0 unspecified atom stereocenters. The summed E-state index contributed by atoms with van der Waals surface area (Å²) in [7, 11) is 0. The largest absolute Gasteiger partial charge is 0.366 e. The van der Waals surface area contributed by atoms with Crippen LogP contribution in [0.25, 0.3) is 0 Å². The molecule has 0 aromatic carbocycles. The van der Waals surface area contributed by atoms with Crippen LogP contribution in [0.1, 0.15) is 16.1 Å². The maximum atomic E-state index is 10.8. The Balaban J connectivity index is 1.98. The van der Waals surface area contributed by atoms with Crippen molar-refractivity contribution >= 4 is 11.7 Å². The normalized spacial score (nSPS) is 10.0. The van der Waals surface area contributed by atoms with E-state index in [4.69, 9.17) is 10.3 Å². The molecular formula is C10H10N4O2. The molecule has 2 heterocycles. The number of nitrogens with zero attached hydrogens (tertiary/aromatic N) is 2. The first-order valence-electron chi connectivity index (χ1n) is 4.65. The van der Waals surface area contributed by atoms with Crippen LogP contribution in [0.4, 0.5) is 5.82 Å². The Morgan fingerprint density at radius 2 is 2.31 bits per heavy atom. The summed E-state index contributed by atoms with van der Waals surface area (Å²) in [4.78, 5) is 14.8. The van der Waals surface area contributed by atoms with Crippen molar-refractivity contribution in [3.63, 3.8) is 0 Å². The molecule has 1 amide bonds. The number of pyridine rings is 1. The van der Waals surface area contributed by atoms with Gasteiger partial charge in [-0.05, 0) is 12.1 Å². The molecule has 6 heteroatoms. The van der Waals surface area contributed by atoms with Gasteiger partial charge in [-0.1, -0.05) is 5.16 Å². The molecule has 0 aliphatic carbocycles. The van der Waals surface area contributed by atoms with Gasteiger partial charge in [0.05, 0.1) is 18.3 Å². The molecule has 0 saturated carbocycles. The number of amides is 1. The molecule has 0 bridgehead atoms. The number of anilines is 1. The summed E-state index contributed by atoms with van der Waals surface area (Å²) >= 11 is 0. The summed E-state index contributed by atoms with van der Waals surface area (Å²) in [6.45, 7) is 0.489. The summed E-state index contributed by atoms with van der Waals surface area (Å²) < 4.78 is 4.90. The van der Waals surface area contributed by atoms with E-state index in [2.05, 4.69) is 15.5 Å². The molecule has 0 aliphatic rings. The molecule has 0 fully saturated rings. The molecule has 3 N–H and O–H groups in total. The van der Waals surface area contributed by atoms with Crippen LogP contribution in [0.2, 0.25) is 0 Å². The van der Waals surface area contributed by atoms with Crippen molar-refractivity contribution in [2.24, 2.45) is 5.73 Å². The quantitative estimate of drug-likeness (QED) is 0.790. The van der Waals surface area contributed by atoms with Gasteiger partial charge in [0.2, 0.25) is 5.91 Å². The summed E-state index contributed by atoms with van der Waals surface area (Å²) in [6, 6.07) is 5.04. The molecule has 2 rings (SSSR count). The molecule has 0 aliphatic heterocycles. The Bertz CT molecular complexity index is 464. The van der Waals surface area contributed by atoms with Crippen molar-refractivity contribution in [1.82, 2.24) is 10.1 Å². The SMILES string of the molecule is NC(=O)c1ccc(NCc2ccno2)nc1. The summed E-state index contributed by atoms with van der Waals surface area (Å²) in [5, 5.41) is 6.59. The lowest BCUT2D eigenvalue weighted by atomic mass is 10.3. The van der Waals surface area contributed by atoms with Crippen LogP contribution in [-0.4, -0.2) is 16.0 Å². The first-order valence-corrected chi connectivity index (χ1v) is 4.65. The topological polar surface area (TPSA) is 94.0 Å². The fourth-order valence-corrected chi connectivity index (χ4v) is 1.16. The number of nitrogens with two attached hydrogens (primary N) is 1. The Morgan fingerprint density at radius 3 is 2.88 bits per heavy atom. The predicted octanol–water partition coefficient (Wildman–Crippen LogP) is 0.781. The van der Waals surface area contributed by atoms with Crippen LogP contribution < -0.4 is 11.1 Å². The fraction of sp³-hybridized carbons (Fsp3) is 0.100. The molecular weight excluding hydrogens is 208 g/mol. The van der Waals surface area contributed by atoms with Crippen molar-refractivity contribution in [3.8, 4) is 0 Å². The van der Waals surface area contributed by atoms with E-state index in [-0.39, 0.29) is 0 Å². The third-order valence-electron chi connectivity index (χ3n) is 1.98. The Hall–Kier alpha value is -2.37. The van der Waals surface area contributed by atoms with Crippen LogP contribution in [0.15, 0.2) is 35.1 Å². The second-order valence-electron chi connectivity index (χ2n) is 3.13. The number of nitrogens with one attached hydrogen (secondary N) is 1. The van der Waals surface area contributed by atoms with E-state index in [1.807, 2.05) is 0 Å². The highest BCUT2D eigenvalue weighted by atomic mass is 16.5. The molecule has 6 nitrogen and oxygen atoms in total. The second-order valence-corrected chi connectivity index (χ2v) is 3.13. The number of hydrogen-bond acceptors (Lipinski definition) is 5. The average Bonchev–Trinajstić information content (AvgIpc) is 2.80. The summed E-state index contributed by atoms with van der Waals surface area (Å²) in [5.41, 5.74) is 5.47. The average molecular weight is 218 g/mol. The lowest BCUT2D eigenvalue weighted by Crippen LogP contribution is -2.11. The minimum absolute atomic E-state index is 0.380. The van der Waals surface area contributed by atoms with Crippen LogP contribution in [-0.2, 0) is 6.54 Å². The van der Waals surface area contributed by atoms with E-state index in [0.717, 1.165) is 0 Å². The van der Waals surface area contributed by atoms with Crippen molar-refractivity contribution in [3.05, 3.63) is 41.9 Å². The van der Waals surface area contributed by atoms with Gasteiger partial charge in [0.1, 0.15) is 5.82 Å². The van der Waals surface area contributed by atoms with E-state index in [1.165, 1.54) is 6.20 Å². The van der Waals surface area contributed by atoms with E-state index in [9.17, 15) is 4.79 Å². The summed E-state index contributed by atoms with van der Waals surface area (Å²) in [6.07, 6.45) is 2.99. The van der Waals surface area contributed by atoms with Crippen LogP contribution >= 0.6 is 0 Å². The van der Waals surface area contributed by atoms with E-state index in [0.29, 0.717) is 23.7 Å². The molecule has 82 valence electrons. The number of carbonyl (C=O) groups is 1. The summed E-state index contributed by atoms with van der Waals surface area (Å²) in [5.74, 6) is 0.858. The zero-order valence-corrected chi connectivity index (χ0v) is 8.38. The molecule has 2 aromatic heterocycles. The van der Waals surface area contributed by atoms with Gasteiger partial charge in [-0.25, -0.2) is 4.98 Å². The Morgan fingerprint density at radius 1 is 1.44 bits per heavy atom. The number of carbonyl (C=O) groups excluding carboxylic acids is 1. The lowest BCUT2D eigenvalue weighted by Gasteiger charge is -2.02. The molecule has 2 aromatic rings. The molecule has 16 heavy (non-hydrogen) atoms. The third-order valence-corrected chi connectivity index (χ3v) is 1.98. The number of aromatic nitrogens is 2. The monoisotopic (exact) mass is 218 g/mol. The van der Waals surface area contributed by atoms with Gasteiger partial charge in [-0.15, -0.1) is 0 Å². The molecule has 0 spiro atoms. The predicted molar refractivity (Wildman–Crippen MR) is 56.6 cm³/mol. The maximum Gasteiger partial charge on any atom is 0.250 e. The second kappa shape index (κ2) is 4.43. The van der Waals surface area contributed by atoms with Gasteiger partial charge in [0.15, 0.2) is 5.76 Å². The maximum absolute atomic E-state index is 10.8. The molecule has 0 radical (unpaired) electrons. The van der Waals surface area contributed by atoms with Gasteiger partial charge in [0, 0.05) is 12.3 Å². The minimum Gasteiger partial charge on any atom is -0.366 e. The number of rotatable bonds is 4. The van der Waals surface area contributed by atoms with Crippen molar-refractivity contribution < 1.29 is 9.32 Å². The van der Waals surface area contributed by atoms with Gasteiger partial charge in [-0.3, -0.25) is 4.79 Å². The van der Waals surface area contributed by atoms with Crippen LogP contribution in [0.3, 0.4) is 0 Å².